The molecular formula is C13H17BrO4S. The van der Waals surface area contributed by atoms with Crippen molar-refractivity contribution in [2.45, 2.75) is 22.8 Å². The summed E-state index contributed by atoms with van der Waals surface area (Å²) in [6.07, 6.45) is -0.944. The summed E-state index contributed by atoms with van der Waals surface area (Å²) in [5.74, 6) is -0.557. The maximum absolute atomic E-state index is 12.1. The highest BCUT2D eigenvalue weighted by Crippen LogP contribution is 2.19. The number of hydrogen-bond donors (Lipinski definition) is 1. The Hall–Kier alpha value is -0.720. The number of carbonyl (C=O) groups is 1. The van der Waals surface area contributed by atoms with E-state index in [1.54, 1.807) is 19.1 Å². The molecule has 1 aromatic carbocycles. The smallest absolute Gasteiger partial charge is 0.322 e. The van der Waals surface area contributed by atoms with E-state index in [2.05, 4.69) is 20.7 Å². The van der Waals surface area contributed by atoms with Crippen LogP contribution in [0.4, 0.5) is 0 Å². The predicted octanol–water partition coefficient (Wildman–Crippen LogP) is 1.73. The van der Waals surface area contributed by atoms with Gasteiger partial charge in [0.25, 0.3) is 0 Å². The summed E-state index contributed by atoms with van der Waals surface area (Å²) in [5, 5.41) is 10.0. The summed E-state index contributed by atoms with van der Waals surface area (Å²) in [5.41, 5.74) is 0. The maximum Gasteiger partial charge on any atom is 0.322 e. The monoisotopic (exact) mass is 348 g/mol. The highest BCUT2D eigenvalue weighted by Gasteiger charge is 2.30. The van der Waals surface area contributed by atoms with Crippen LogP contribution in [-0.2, 0) is 20.3 Å². The van der Waals surface area contributed by atoms with Gasteiger partial charge in [0.2, 0.25) is 0 Å². The number of ether oxygens (including phenoxy) is 1. The molecule has 106 valence electrons. The Labute approximate surface area is 123 Å². The number of aliphatic hydroxyl groups is 1. The Bertz CT molecular complexity index is 438. The minimum atomic E-state index is -1.20. The average Bonchev–Trinajstić information content (AvgIpc) is 2.45. The summed E-state index contributed by atoms with van der Waals surface area (Å²) in [6, 6.07) is 9.04. The molecule has 1 N–H and O–H groups in total. The van der Waals surface area contributed by atoms with Gasteiger partial charge in [-0.15, -0.1) is 0 Å². The van der Waals surface area contributed by atoms with E-state index >= 15 is 0 Å². The van der Waals surface area contributed by atoms with E-state index < -0.39 is 27.7 Å². The normalized spacial score (nSPS) is 17.3. The van der Waals surface area contributed by atoms with Gasteiger partial charge in [0.05, 0.1) is 24.0 Å². The van der Waals surface area contributed by atoms with Gasteiger partial charge in [-0.05, 0) is 18.1 Å². The Kier molecular flexibility index (Phi) is 6.68. The Morgan fingerprint density at radius 1 is 1.42 bits per heavy atom. The molecule has 6 heteroatoms. The number of methoxy groups -OCH3 is 1. The molecule has 1 unspecified atom stereocenters. The summed E-state index contributed by atoms with van der Waals surface area (Å²) >= 11 is 3.09. The van der Waals surface area contributed by atoms with Crippen molar-refractivity contribution in [2.24, 2.45) is 5.92 Å². The molecule has 1 aromatic rings. The minimum absolute atomic E-state index is 0.282. The van der Waals surface area contributed by atoms with Crippen molar-refractivity contribution < 1.29 is 18.8 Å². The Balaban J connectivity index is 2.62. The zero-order chi connectivity index (χ0) is 14.4. The van der Waals surface area contributed by atoms with Crippen LogP contribution in [0.2, 0.25) is 0 Å². The third kappa shape index (κ3) is 4.71. The molecule has 0 radical (unpaired) electrons. The molecule has 0 saturated heterocycles. The quantitative estimate of drug-likeness (QED) is 0.628. The first-order valence-corrected chi connectivity index (χ1v) is 8.04. The standard InChI is InChI=1S/C13H17BrO4S/c1-9(12(15)11(14)13(16)18-2)8-19(17)10-6-4-3-5-7-10/h3-7,9,11-12,15H,8H2,1-2H3/t9-,11-,12-,19?/m1/s1. The third-order valence-electron chi connectivity index (χ3n) is 2.73. The molecule has 0 saturated carbocycles. The lowest BCUT2D eigenvalue weighted by Gasteiger charge is -2.21. The topological polar surface area (TPSA) is 63.6 Å². The van der Waals surface area contributed by atoms with Crippen LogP contribution < -0.4 is 0 Å². The van der Waals surface area contributed by atoms with Gasteiger partial charge in [-0.2, -0.15) is 0 Å². The molecule has 0 aliphatic rings. The molecule has 0 aliphatic heterocycles. The van der Waals surface area contributed by atoms with Crippen LogP contribution in [0.5, 0.6) is 0 Å². The molecule has 0 bridgehead atoms. The van der Waals surface area contributed by atoms with Crippen LogP contribution >= 0.6 is 15.9 Å². The van der Waals surface area contributed by atoms with Crippen LogP contribution in [0.1, 0.15) is 6.92 Å². The number of hydrogen-bond acceptors (Lipinski definition) is 4. The highest BCUT2D eigenvalue weighted by atomic mass is 79.9. The average molecular weight is 349 g/mol. The van der Waals surface area contributed by atoms with E-state index in [0.29, 0.717) is 4.90 Å². The number of aliphatic hydroxyl groups excluding tert-OH is 1. The predicted molar refractivity (Wildman–Crippen MR) is 77.6 cm³/mol. The Morgan fingerprint density at radius 2 is 2.00 bits per heavy atom. The molecule has 4 atom stereocenters. The largest absolute Gasteiger partial charge is 0.468 e. The fourth-order valence-electron chi connectivity index (χ4n) is 1.55. The van der Waals surface area contributed by atoms with E-state index in [1.807, 2.05) is 18.2 Å². The number of halogens is 1. The van der Waals surface area contributed by atoms with Crippen LogP contribution in [0, 0.1) is 5.92 Å². The minimum Gasteiger partial charge on any atom is -0.468 e. The highest BCUT2D eigenvalue weighted by molar-refractivity contribution is 9.10. The first kappa shape index (κ1) is 16.3. The summed E-state index contributed by atoms with van der Waals surface area (Å²) in [7, 11) is 0.0613. The fourth-order valence-corrected chi connectivity index (χ4v) is 3.58. The molecule has 4 nitrogen and oxygen atoms in total. The molecule has 0 amide bonds. The molecule has 0 aliphatic carbocycles. The molecular weight excluding hydrogens is 332 g/mol. The lowest BCUT2D eigenvalue weighted by atomic mass is 10.0. The van der Waals surface area contributed by atoms with Gasteiger partial charge in [0.15, 0.2) is 0 Å². The van der Waals surface area contributed by atoms with Crippen LogP contribution in [-0.4, -0.2) is 39.1 Å². The summed E-state index contributed by atoms with van der Waals surface area (Å²) < 4.78 is 16.6. The molecule has 0 aromatic heterocycles. The van der Waals surface area contributed by atoms with Gasteiger partial charge in [-0.1, -0.05) is 41.1 Å². The van der Waals surface area contributed by atoms with Gasteiger partial charge in [-0.25, -0.2) is 0 Å². The van der Waals surface area contributed by atoms with Crippen LogP contribution in [0.3, 0.4) is 0 Å². The van der Waals surface area contributed by atoms with Crippen LogP contribution in [0.25, 0.3) is 0 Å². The fraction of sp³-hybridized carbons (Fsp3) is 0.462. The van der Waals surface area contributed by atoms with Gasteiger partial charge in [0, 0.05) is 10.6 Å². The van der Waals surface area contributed by atoms with Crippen molar-refractivity contribution in [3.8, 4) is 0 Å². The van der Waals surface area contributed by atoms with Gasteiger partial charge >= 0.3 is 5.97 Å². The zero-order valence-electron chi connectivity index (χ0n) is 10.8. The first-order chi connectivity index (χ1) is 8.97. The Morgan fingerprint density at radius 3 is 2.53 bits per heavy atom. The van der Waals surface area contributed by atoms with Crippen molar-refractivity contribution in [3.63, 3.8) is 0 Å². The van der Waals surface area contributed by atoms with Crippen molar-refractivity contribution in [2.75, 3.05) is 12.9 Å². The van der Waals surface area contributed by atoms with E-state index in [-0.39, 0.29) is 11.7 Å². The number of alkyl halides is 1. The first-order valence-electron chi connectivity index (χ1n) is 5.80. The lowest BCUT2D eigenvalue weighted by Crippen LogP contribution is -2.36. The molecule has 0 fully saturated rings. The SMILES string of the molecule is COC(=O)[C@H](Br)[C@H](O)[C@H](C)CS(=O)c1ccccc1. The molecule has 0 heterocycles. The van der Waals surface area contributed by atoms with E-state index in [4.69, 9.17) is 0 Å². The van der Waals surface area contributed by atoms with Crippen molar-refractivity contribution in [1.82, 2.24) is 0 Å². The van der Waals surface area contributed by atoms with E-state index in [9.17, 15) is 14.1 Å². The summed E-state index contributed by atoms with van der Waals surface area (Å²) in [4.78, 5) is 11.2. The van der Waals surface area contributed by atoms with Gasteiger partial charge in [0.1, 0.15) is 4.83 Å². The van der Waals surface area contributed by atoms with Crippen LogP contribution in [0.15, 0.2) is 35.2 Å². The van der Waals surface area contributed by atoms with Crippen molar-refractivity contribution in [3.05, 3.63) is 30.3 Å². The van der Waals surface area contributed by atoms with Crippen molar-refractivity contribution >= 4 is 32.7 Å². The van der Waals surface area contributed by atoms with Gasteiger partial charge in [-0.3, -0.25) is 9.00 Å². The maximum atomic E-state index is 12.1. The van der Waals surface area contributed by atoms with E-state index in [0.717, 1.165) is 0 Å². The number of rotatable bonds is 6. The zero-order valence-corrected chi connectivity index (χ0v) is 13.2. The number of benzene rings is 1. The summed E-state index contributed by atoms with van der Waals surface area (Å²) in [6.45, 7) is 1.75. The van der Waals surface area contributed by atoms with Gasteiger partial charge < -0.3 is 9.84 Å². The second kappa shape index (κ2) is 7.77. The number of carbonyl (C=O) groups excluding carboxylic acids is 1. The third-order valence-corrected chi connectivity index (χ3v) is 5.27. The molecule has 19 heavy (non-hydrogen) atoms. The molecule has 0 spiro atoms. The van der Waals surface area contributed by atoms with E-state index in [1.165, 1.54) is 7.11 Å². The van der Waals surface area contributed by atoms with Crippen molar-refractivity contribution in [1.29, 1.82) is 0 Å². The molecule has 1 rings (SSSR count). The lowest BCUT2D eigenvalue weighted by molar-refractivity contribution is -0.142. The number of esters is 1. The second-order valence-electron chi connectivity index (χ2n) is 4.22. The second-order valence-corrected chi connectivity index (χ2v) is 6.70.